The summed E-state index contributed by atoms with van der Waals surface area (Å²) in [5.41, 5.74) is 7.33. The van der Waals surface area contributed by atoms with Gasteiger partial charge in [-0.05, 0) is 31.0 Å². The lowest BCUT2D eigenvalue weighted by atomic mass is 10.1. The highest BCUT2D eigenvalue weighted by molar-refractivity contribution is 7.80. The Morgan fingerprint density at radius 3 is 2.59 bits per heavy atom. The van der Waals surface area contributed by atoms with E-state index >= 15 is 0 Å². The van der Waals surface area contributed by atoms with Crippen LogP contribution in [0.3, 0.4) is 0 Å². The van der Waals surface area contributed by atoms with Crippen LogP contribution in [0.4, 0.5) is 5.69 Å². The maximum atomic E-state index is 9.46. The smallest absolute Gasteiger partial charge is 0.105 e. The van der Waals surface area contributed by atoms with E-state index in [-0.39, 0.29) is 6.10 Å². The van der Waals surface area contributed by atoms with Gasteiger partial charge in [0.2, 0.25) is 0 Å². The molecule has 0 atom stereocenters. The van der Waals surface area contributed by atoms with Crippen LogP contribution in [-0.2, 0) is 0 Å². The van der Waals surface area contributed by atoms with Crippen molar-refractivity contribution in [1.29, 1.82) is 0 Å². The fourth-order valence-electron chi connectivity index (χ4n) is 2.02. The number of anilines is 1. The van der Waals surface area contributed by atoms with E-state index in [9.17, 15) is 5.11 Å². The first-order valence-electron chi connectivity index (χ1n) is 5.60. The lowest BCUT2D eigenvalue weighted by Crippen LogP contribution is -2.35. The second kappa shape index (κ2) is 5.21. The molecule has 1 aliphatic heterocycles. The van der Waals surface area contributed by atoms with Gasteiger partial charge in [-0.3, -0.25) is 0 Å². The maximum absolute atomic E-state index is 9.46. The van der Waals surface area contributed by atoms with Gasteiger partial charge in [0.1, 0.15) is 4.99 Å². The van der Waals surface area contributed by atoms with Crippen LogP contribution in [0.5, 0.6) is 0 Å². The summed E-state index contributed by atoms with van der Waals surface area (Å²) in [6, 6.07) is 5.71. The fraction of sp³-hybridized carbons (Fsp3) is 0.417. The van der Waals surface area contributed by atoms with Crippen LogP contribution in [0, 0.1) is 0 Å². The molecule has 5 heteroatoms. The molecule has 0 aliphatic carbocycles. The number of nitrogens with zero attached hydrogens (tertiary/aromatic N) is 1. The first-order valence-corrected chi connectivity index (χ1v) is 6.39. The number of nitrogens with two attached hydrogens (primary N) is 1. The zero-order chi connectivity index (χ0) is 12.4. The van der Waals surface area contributed by atoms with Crippen molar-refractivity contribution in [3.63, 3.8) is 0 Å². The van der Waals surface area contributed by atoms with Crippen molar-refractivity contribution >= 4 is 34.5 Å². The third-order valence-corrected chi connectivity index (χ3v) is 3.58. The molecule has 1 saturated heterocycles. The maximum Gasteiger partial charge on any atom is 0.105 e. The Hall–Kier alpha value is -0.840. The molecule has 0 bridgehead atoms. The van der Waals surface area contributed by atoms with Crippen molar-refractivity contribution in [1.82, 2.24) is 0 Å². The molecule has 1 fully saturated rings. The zero-order valence-electron chi connectivity index (χ0n) is 9.40. The normalized spacial score (nSPS) is 17.2. The average molecular weight is 271 g/mol. The van der Waals surface area contributed by atoms with Gasteiger partial charge in [0.25, 0.3) is 0 Å². The molecule has 2 rings (SSSR count). The van der Waals surface area contributed by atoms with E-state index in [1.54, 1.807) is 0 Å². The number of hydrogen-bond donors (Lipinski definition) is 2. The minimum Gasteiger partial charge on any atom is -0.393 e. The highest BCUT2D eigenvalue weighted by Gasteiger charge is 2.18. The minimum absolute atomic E-state index is 0.169. The number of benzene rings is 1. The van der Waals surface area contributed by atoms with Gasteiger partial charge in [-0.15, -0.1) is 0 Å². The van der Waals surface area contributed by atoms with Crippen LogP contribution in [-0.4, -0.2) is 29.3 Å². The molecule has 0 radical (unpaired) electrons. The third-order valence-electron chi connectivity index (χ3n) is 3.05. The lowest BCUT2D eigenvalue weighted by molar-refractivity contribution is 0.145. The molecule has 1 heterocycles. The molecule has 0 aromatic heterocycles. The molecule has 3 N–H and O–H groups in total. The Morgan fingerprint density at radius 1 is 1.41 bits per heavy atom. The van der Waals surface area contributed by atoms with Gasteiger partial charge in [-0.25, -0.2) is 0 Å². The molecular formula is C12H15ClN2OS. The summed E-state index contributed by atoms with van der Waals surface area (Å²) < 4.78 is 0. The van der Waals surface area contributed by atoms with Crippen LogP contribution in [0.2, 0.25) is 5.02 Å². The highest BCUT2D eigenvalue weighted by Crippen LogP contribution is 2.26. The summed E-state index contributed by atoms with van der Waals surface area (Å²) in [6.07, 6.45) is 1.43. The molecule has 0 amide bonds. The van der Waals surface area contributed by atoms with Gasteiger partial charge < -0.3 is 15.7 Å². The number of halogens is 1. The van der Waals surface area contributed by atoms with Crippen LogP contribution < -0.4 is 10.6 Å². The highest BCUT2D eigenvalue weighted by atomic mass is 35.5. The van der Waals surface area contributed by atoms with Crippen molar-refractivity contribution < 1.29 is 5.11 Å². The average Bonchev–Trinajstić information content (AvgIpc) is 2.29. The van der Waals surface area contributed by atoms with Gasteiger partial charge in [-0.2, -0.15) is 0 Å². The number of aliphatic hydroxyl groups excluding tert-OH is 1. The van der Waals surface area contributed by atoms with E-state index in [0.29, 0.717) is 15.6 Å². The Labute approximate surface area is 111 Å². The molecule has 0 saturated carbocycles. The van der Waals surface area contributed by atoms with Crippen molar-refractivity contribution in [3.05, 3.63) is 28.8 Å². The van der Waals surface area contributed by atoms with Gasteiger partial charge in [0.15, 0.2) is 0 Å². The quantitative estimate of drug-likeness (QED) is 0.807. The summed E-state index contributed by atoms with van der Waals surface area (Å²) >= 11 is 11.0. The second-order valence-electron chi connectivity index (χ2n) is 4.25. The number of hydrogen-bond acceptors (Lipinski definition) is 3. The van der Waals surface area contributed by atoms with Crippen LogP contribution >= 0.6 is 23.8 Å². The summed E-state index contributed by atoms with van der Waals surface area (Å²) in [5, 5.41) is 10.0. The first kappa shape index (κ1) is 12.6. The molecule has 1 aromatic rings. The standard InChI is InChI=1S/C12H15ClN2OS/c13-11-7-8(1-2-10(11)12(14)17)15-5-3-9(16)4-6-15/h1-2,7,9,16H,3-6H2,(H2,14,17). The van der Waals surface area contributed by atoms with Crippen molar-refractivity contribution in [2.24, 2.45) is 5.73 Å². The Bertz CT molecular complexity index is 431. The van der Waals surface area contributed by atoms with E-state index in [0.717, 1.165) is 31.6 Å². The first-order chi connectivity index (χ1) is 8.08. The number of rotatable bonds is 2. The Kier molecular flexibility index (Phi) is 3.86. The topological polar surface area (TPSA) is 49.5 Å². The number of piperidine rings is 1. The van der Waals surface area contributed by atoms with Crippen molar-refractivity contribution in [3.8, 4) is 0 Å². The van der Waals surface area contributed by atoms with E-state index < -0.39 is 0 Å². The predicted octanol–water partition coefficient (Wildman–Crippen LogP) is 1.94. The molecule has 92 valence electrons. The summed E-state index contributed by atoms with van der Waals surface area (Å²) in [6.45, 7) is 1.70. The van der Waals surface area contributed by atoms with Gasteiger partial charge in [-0.1, -0.05) is 23.8 Å². The van der Waals surface area contributed by atoms with Crippen molar-refractivity contribution in [2.75, 3.05) is 18.0 Å². The molecule has 0 unspecified atom stereocenters. The molecule has 3 nitrogen and oxygen atoms in total. The largest absolute Gasteiger partial charge is 0.393 e. The SMILES string of the molecule is NC(=S)c1ccc(N2CCC(O)CC2)cc1Cl. The van der Waals surface area contributed by atoms with Gasteiger partial charge in [0.05, 0.1) is 11.1 Å². The summed E-state index contributed by atoms with van der Waals surface area (Å²) in [5.74, 6) is 0. The lowest BCUT2D eigenvalue weighted by Gasteiger charge is -2.31. The fourth-order valence-corrected chi connectivity index (χ4v) is 2.54. The van der Waals surface area contributed by atoms with Crippen LogP contribution in [0.1, 0.15) is 18.4 Å². The minimum atomic E-state index is -0.169. The molecule has 1 aromatic carbocycles. The van der Waals surface area contributed by atoms with Gasteiger partial charge >= 0.3 is 0 Å². The molecule has 17 heavy (non-hydrogen) atoms. The molecular weight excluding hydrogens is 256 g/mol. The number of aliphatic hydroxyl groups is 1. The number of thiocarbonyl (C=S) groups is 1. The van der Waals surface area contributed by atoms with E-state index in [1.807, 2.05) is 18.2 Å². The van der Waals surface area contributed by atoms with E-state index in [4.69, 9.17) is 29.6 Å². The van der Waals surface area contributed by atoms with Crippen LogP contribution in [0.15, 0.2) is 18.2 Å². The predicted molar refractivity (Wildman–Crippen MR) is 74.8 cm³/mol. The van der Waals surface area contributed by atoms with Gasteiger partial charge in [0, 0.05) is 24.3 Å². The zero-order valence-corrected chi connectivity index (χ0v) is 11.0. The second-order valence-corrected chi connectivity index (χ2v) is 5.09. The van der Waals surface area contributed by atoms with E-state index in [2.05, 4.69) is 4.90 Å². The molecule has 0 spiro atoms. The van der Waals surface area contributed by atoms with Crippen LogP contribution in [0.25, 0.3) is 0 Å². The Morgan fingerprint density at radius 2 is 2.06 bits per heavy atom. The molecule has 1 aliphatic rings. The van der Waals surface area contributed by atoms with E-state index in [1.165, 1.54) is 0 Å². The third kappa shape index (κ3) is 2.89. The van der Waals surface area contributed by atoms with Crippen molar-refractivity contribution in [2.45, 2.75) is 18.9 Å². The summed E-state index contributed by atoms with van der Waals surface area (Å²) in [4.78, 5) is 2.53. The monoisotopic (exact) mass is 270 g/mol. The summed E-state index contributed by atoms with van der Waals surface area (Å²) in [7, 11) is 0. The Balaban J connectivity index is 2.17.